The molecule has 2 heterocycles. The highest BCUT2D eigenvalue weighted by Gasteiger charge is 2.28. The molecule has 2 fully saturated rings. The van der Waals surface area contributed by atoms with E-state index in [1.807, 2.05) is 0 Å². The van der Waals surface area contributed by atoms with Gasteiger partial charge >= 0.3 is 0 Å². The first-order chi connectivity index (χ1) is 11.2. The predicted octanol–water partition coefficient (Wildman–Crippen LogP) is 2.25. The van der Waals surface area contributed by atoms with Crippen LogP contribution in [0.4, 0.5) is 10.1 Å². The Morgan fingerprint density at radius 2 is 1.87 bits per heavy atom. The van der Waals surface area contributed by atoms with Crippen molar-refractivity contribution in [3.63, 3.8) is 0 Å². The number of carbonyl (C=O) groups excluding carboxylic acids is 1. The Labute approximate surface area is 137 Å². The van der Waals surface area contributed by atoms with E-state index in [9.17, 15) is 9.18 Å². The molecule has 1 amide bonds. The number of nitrogens with one attached hydrogen (secondary N) is 1. The fraction of sp³-hybridized carbons (Fsp3) is 0.611. The molecule has 2 saturated heterocycles. The molecule has 1 aromatic rings. The summed E-state index contributed by atoms with van der Waals surface area (Å²) in [7, 11) is 0. The fourth-order valence-electron chi connectivity index (χ4n) is 3.53. The number of likely N-dealkylation sites (tertiary alicyclic amines) is 1. The molecular formula is C18H26FN3O. The Morgan fingerprint density at radius 1 is 1.13 bits per heavy atom. The summed E-state index contributed by atoms with van der Waals surface area (Å²) in [5, 5.41) is 3.09. The Bertz CT molecular complexity index is 514. The Morgan fingerprint density at radius 3 is 2.61 bits per heavy atom. The van der Waals surface area contributed by atoms with Crippen molar-refractivity contribution in [3.05, 3.63) is 30.1 Å². The molecule has 0 bridgehead atoms. The van der Waals surface area contributed by atoms with Crippen LogP contribution in [0.3, 0.4) is 0 Å². The molecule has 2 aliphatic rings. The smallest absolute Gasteiger partial charge is 0.225 e. The van der Waals surface area contributed by atoms with Crippen molar-refractivity contribution < 1.29 is 9.18 Å². The quantitative estimate of drug-likeness (QED) is 0.904. The van der Waals surface area contributed by atoms with Crippen molar-refractivity contribution in [2.24, 2.45) is 5.92 Å². The molecule has 0 radical (unpaired) electrons. The molecule has 126 valence electrons. The molecule has 1 atom stereocenters. The van der Waals surface area contributed by atoms with E-state index in [-0.39, 0.29) is 17.6 Å². The minimum absolute atomic E-state index is 0.0430. The molecule has 0 saturated carbocycles. The van der Waals surface area contributed by atoms with Crippen molar-refractivity contribution in [2.75, 3.05) is 44.2 Å². The van der Waals surface area contributed by atoms with Crippen LogP contribution in [0, 0.1) is 11.7 Å². The molecule has 3 rings (SSSR count). The standard InChI is InChI=1S/C18H26FN3O/c19-16-4-6-17(7-5-16)22-12-8-15(14-22)18(23)20-9-13-21-10-2-1-3-11-21/h4-7,15H,1-3,8-14H2,(H,20,23). The largest absolute Gasteiger partial charge is 0.371 e. The van der Waals surface area contributed by atoms with Gasteiger partial charge in [0.05, 0.1) is 5.92 Å². The number of hydrogen-bond donors (Lipinski definition) is 1. The number of halogens is 1. The normalized spacial score (nSPS) is 22.3. The average molecular weight is 319 g/mol. The lowest BCUT2D eigenvalue weighted by atomic mass is 10.1. The Kier molecular flexibility index (Phi) is 5.49. The first-order valence-corrected chi connectivity index (χ1v) is 8.73. The van der Waals surface area contributed by atoms with Crippen LogP contribution in [0.1, 0.15) is 25.7 Å². The zero-order valence-corrected chi connectivity index (χ0v) is 13.6. The van der Waals surface area contributed by atoms with Crippen LogP contribution < -0.4 is 10.2 Å². The molecule has 1 N–H and O–H groups in total. The minimum Gasteiger partial charge on any atom is -0.371 e. The van der Waals surface area contributed by atoms with Crippen LogP contribution in [0.5, 0.6) is 0 Å². The van der Waals surface area contributed by atoms with E-state index in [1.54, 1.807) is 12.1 Å². The number of rotatable bonds is 5. The number of hydrogen-bond acceptors (Lipinski definition) is 3. The van der Waals surface area contributed by atoms with Crippen molar-refractivity contribution in [3.8, 4) is 0 Å². The summed E-state index contributed by atoms with van der Waals surface area (Å²) in [6.45, 7) is 5.61. The van der Waals surface area contributed by atoms with Crippen LogP contribution in [-0.2, 0) is 4.79 Å². The third-order valence-electron chi connectivity index (χ3n) is 4.93. The number of piperidine rings is 1. The Hall–Kier alpha value is -1.62. The van der Waals surface area contributed by atoms with Gasteiger partial charge < -0.3 is 15.1 Å². The summed E-state index contributed by atoms with van der Waals surface area (Å²) >= 11 is 0. The van der Waals surface area contributed by atoms with Gasteiger partial charge in [0.25, 0.3) is 0 Å². The maximum Gasteiger partial charge on any atom is 0.225 e. The monoisotopic (exact) mass is 319 g/mol. The average Bonchev–Trinajstić information content (AvgIpc) is 3.06. The third kappa shape index (κ3) is 4.44. The second kappa shape index (κ2) is 7.77. The van der Waals surface area contributed by atoms with Gasteiger partial charge in [0.1, 0.15) is 5.82 Å². The molecule has 2 aliphatic heterocycles. The molecule has 0 aromatic heterocycles. The van der Waals surface area contributed by atoms with Gasteiger partial charge in [-0.1, -0.05) is 6.42 Å². The van der Waals surface area contributed by atoms with Crippen LogP contribution in [-0.4, -0.2) is 50.1 Å². The maximum atomic E-state index is 13.0. The molecule has 23 heavy (non-hydrogen) atoms. The van der Waals surface area contributed by atoms with Crippen molar-refractivity contribution in [1.29, 1.82) is 0 Å². The first-order valence-electron chi connectivity index (χ1n) is 8.73. The Balaban J connectivity index is 1.41. The summed E-state index contributed by atoms with van der Waals surface area (Å²) in [6, 6.07) is 6.51. The zero-order chi connectivity index (χ0) is 16.1. The predicted molar refractivity (Wildman–Crippen MR) is 90.0 cm³/mol. The van der Waals surface area contributed by atoms with E-state index in [4.69, 9.17) is 0 Å². The highest BCUT2D eigenvalue weighted by atomic mass is 19.1. The van der Waals surface area contributed by atoms with Crippen LogP contribution in [0.25, 0.3) is 0 Å². The lowest BCUT2D eigenvalue weighted by molar-refractivity contribution is -0.124. The van der Waals surface area contributed by atoms with Gasteiger partial charge in [-0.15, -0.1) is 0 Å². The van der Waals surface area contributed by atoms with E-state index in [2.05, 4.69) is 15.1 Å². The summed E-state index contributed by atoms with van der Waals surface area (Å²) < 4.78 is 13.0. The molecular weight excluding hydrogens is 293 g/mol. The van der Waals surface area contributed by atoms with E-state index >= 15 is 0 Å². The van der Waals surface area contributed by atoms with E-state index in [0.29, 0.717) is 0 Å². The van der Waals surface area contributed by atoms with Crippen molar-refractivity contribution in [1.82, 2.24) is 10.2 Å². The molecule has 1 unspecified atom stereocenters. The topological polar surface area (TPSA) is 35.6 Å². The number of nitrogens with zero attached hydrogens (tertiary/aromatic N) is 2. The molecule has 4 nitrogen and oxygen atoms in total. The van der Waals surface area contributed by atoms with Gasteiger partial charge in [-0.2, -0.15) is 0 Å². The number of anilines is 1. The van der Waals surface area contributed by atoms with Gasteiger partial charge in [-0.3, -0.25) is 4.79 Å². The van der Waals surface area contributed by atoms with E-state index < -0.39 is 0 Å². The summed E-state index contributed by atoms with van der Waals surface area (Å²) in [6.07, 6.45) is 4.77. The zero-order valence-electron chi connectivity index (χ0n) is 13.6. The van der Waals surface area contributed by atoms with Crippen LogP contribution in [0.2, 0.25) is 0 Å². The molecule has 0 spiro atoms. The van der Waals surface area contributed by atoms with Crippen LogP contribution in [0.15, 0.2) is 24.3 Å². The first kappa shape index (κ1) is 16.2. The van der Waals surface area contributed by atoms with Gasteiger partial charge in [0, 0.05) is 31.9 Å². The van der Waals surface area contributed by atoms with Crippen molar-refractivity contribution in [2.45, 2.75) is 25.7 Å². The van der Waals surface area contributed by atoms with Gasteiger partial charge in [-0.25, -0.2) is 4.39 Å². The second-order valence-electron chi connectivity index (χ2n) is 6.60. The van der Waals surface area contributed by atoms with Gasteiger partial charge in [0.2, 0.25) is 5.91 Å². The van der Waals surface area contributed by atoms with Crippen LogP contribution >= 0.6 is 0 Å². The maximum absolute atomic E-state index is 13.0. The summed E-state index contributed by atoms with van der Waals surface area (Å²) in [5.74, 6) is -0.0204. The van der Waals surface area contributed by atoms with E-state index in [1.165, 1.54) is 31.4 Å². The highest BCUT2D eigenvalue weighted by molar-refractivity contribution is 5.80. The van der Waals surface area contributed by atoms with Gasteiger partial charge in [0.15, 0.2) is 0 Å². The molecule has 5 heteroatoms. The summed E-state index contributed by atoms with van der Waals surface area (Å²) in [5.41, 5.74) is 0.995. The number of amides is 1. The molecule has 0 aliphatic carbocycles. The van der Waals surface area contributed by atoms with Gasteiger partial charge in [-0.05, 0) is 56.6 Å². The van der Waals surface area contributed by atoms with Crippen molar-refractivity contribution >= 4 is 11.6 Å². The lowest BCUT2D eigenvalue weighted by Gasteiger charge is -2.26. The number of benzene rings is 1. The van der Waals surface area contributed by atoms with E-state index in [0.717, 1.165) is 51.4 Å². The SMILES string of the molecule is O=C(NCCN1CCCCC1)C1CCN(c2ccc(F)cc2)C1. The number of carbonyl (C=O) groups is 1. The lowest BCUT2D eigenvalue weighted by Crippen LogP contribution is -2.40. The summed E-state index contributed by atoms with van der Waals surface area (Å²) in [4.78, 5) is 16.9. The highest BCUT2D eigenvalue weighted by Crippen LogP contribution is 2.24. The fourth-order valence-corrected chi connectivity index (χ4v) is 3.53. The minimum atomic E-state index is -0.222. The molecule has 1 aromatic carbocycles. The second-order valence-corrected chi connectivity index (χ2v) is 6.60. The third-order valence-corrected chi connectivity index (χ3v) is 4.93.